The SMILES string of the molecule is Cc1cc(F)ccc1Nc1nc2ccc3c(C)c(C=CCN4CCN(C(=O)OC(C)(C)C)CC4)[nH]c(=O)c3c2n1C. The number of aromatic amines is 1. The van der Waals surface area contributed by atoms with Crippen molar-refractivity contribution in [2.45, 2.75) is 40.2 Å². The lowest BCUT2D eigenvalue weighted by atomic mass is 10.0. The van der Waals surface area contributed by atoms with E-state index >= 15 is 0 Å². The van der Waals surface area contributed by atoms with Gasteiger partial charge in [-0.15, -0.1) is 0 Å². The summed E-state index contributed by atoms with van der Waals surface area (Å²) in [4.78, 5) is 37.5. The highest BCUT2D eigenvalue weighted by molar-refractivity contribution is 6.06. The summed E-state index contributed by atoms with van der Waals surface area (Å²) in [5, 5.41) is 4.71. The van der Waals surface area contributed by atoms with Crippen LogP contribution in [0.5, 0.6) is 0 Å². The average molecular weight is 561 g/mol. The Hall–Kier alpha value is -4.18. The van der Waals surface area contributed by atoms with E-state index in [-0.39, 0.29) is 17.5 Å². The number of carbonyl (C=O) groups excluding carboxylic acids is 1. The number of anilines is 2. The van der Waals surface area contributed by atoms with Crippen molar-refractivity contribution >= 4 is 45.6 Å². The second kappa shape index (κ2) is 11.0. The summed E-state index contributed by atoms with van der Waals surface area (Å²) in [6, 6.07) is 8.41. The fourth-order valence-corrected chi connectivity index (χ4v) is 5.20. The zero-order chi connectivity index (χ0) is 29.5. The highest BCUT2D eigenvalue weighted by Gasteiger charge is 2.25. The van der Waals surface area contributed by atoms with Gasteiger partial charge in [0.05, 0.1) is 16.4 Å². The van der Waals surface area contributed by atoms with Crippen molar-refractivity contribution < 1.29 is 13.9 Å². The molecule has 0 saturated carbocycles. The number of hydrogen-bond acceptors (Lipinski definition) is 6. The Kier molecular flexibility index (Phi) is 7.61. The molecule has 0 spiro atoms. The summed E-state index contributed by atoms with van der Waals surface area (Å²) in [5.74, 6) is 0.270. The molecular weight excluding hydrogens is 523 g/mol. The minimum absolute atomic E-state index is 0.186. The Morgan fingerprint density at radius 3 is 2.56 bits per heavy atom. The second-order valence-corrected chi connectivity index (χ2v) is 11.6. The monoisotopic (exact) mass is 560 g/mol. The molecule has 0 aliphatic carbocycles. The van der Waals surface area contributed by atoms with Crippen LogP contribution in [-0.2, 0) is 11.8 Å². The molecule has 41 heavy (non-hydrogen) atoms. The summed E-state index contributed by atoms with van der Waals surface area (Å²) in [6.45, 7) is 12.9. The second-order valence-electron chi connectivity index (χ2n) is 11.6. The van der Waals surface area contributed by atoms with Crippen LogP contribution in [0.15, 0.2) is 41.2 Å². The van der Waals surface area contributed by atoms with Gasteiger partial charge in [-0.05, 0) is 81.5 Å². The number of aryl methyl sites for hydroxylation is 3. The predicted molar refractivity (Wildman–Crippen MR) is 161 cm³/mol. The van der Waals surface area contributed by atoms with Gasteiger partial charge in [-0.1, -0.05) is 12.1 Å². The molecule has 2 aromatic heterocycles. The Labute approximate surface area is 238 Å². The summed E-state index contributed by atoms with van der Waals surface area (Å²) in [5.41, 5.74) is 3.98. The van der Waals surface area contributed by atoms with Crippen LogP contribution in [0.1, 0.15) is 37.6 Å². The first kappa shape index (κ1) is 28.4. The minimum atomic E-state index is -0.504. The first-order chi connectivity index (χ1) is 19.4. The molecule has 0 atom stereocenters. The number of H-pyrrole nitrogens is 1. The summed E-state index contributed by atoms with van der Waals surface area (Å²) < 4.78 is 20.9. The normalized spacial score (nSPS) is 14.9. The lowest BCUT2D eigenvalue weighted by Crippen LogP contribution is -2.49. The van der Waals surface area contributed by atoms with Crippen LogP contribution in [0.25, 0.3) is 27.9 Å². The zero-order valence-electron chi connectivity index (χ0n) is 24.5. The number of fused-ring (bicyclic) bond motifs is 3. The third-order valence-corrected chi connectivity index (χ3v) is 7.43. The van der Waals surface area contributed by atoms with Crippen molar-refractivity contribution in [3.63, 3.8) is 0 Å². The number of halogens is 1. The first-order valence-electron chi connectivity index (χ1n) is 13.8. The molecular formula is C31H37FN6O3. The molecule has 9 nitrogen and oxygen atoms in total. The molecule has 1 amide bonds. The van der Waals surface area contributed by atoms with E-state index in [4.69, 9.17) is 9.72 Å². The number of hydrogen-bond donors (Lipinski definition) is 2. The number of piperazine rings is 1. The quantitative estimate of drug-likeness (QED) is 0.336. The number of aromatic nitrogens is 3. The van der Waals surface area contributed by atoms with Crippen LogP contribution < -0.4 is 10.9 Å². The third kappa shape index (κ3) is 5.97. The van der Waals surface area contributed by atoms with Crippen LogP contribution in [0.3, 0.4) is 0 Å². The third-order valence-electron chi connectivity index (χ3n) is 7.43. The van der Waals surface area contributed by atoms with E-state index in [1.807, 2.05) is 70.5 Å². The maximum absolute atomic E-state index is 13.6. The Morgan fingerprint density at radius 2 is 1.88 bits per heavy atom. The fourth-order valence-electron chi connectivity index (χ4n) is 5.20. The maximum atomic E-state index is 13.6. The number of imidazole rings is 1. The number of amides is 1. The van der Waals surface area contributed by atoms with Crippen LogP contribution >= 0.6 is 0 Å². The van der Waals surface area contributed by atoms with E-state index < -0.39 is 5.60 Å². The van der Waals surface area contributed by atoms with Crippen molar-refractivity contribution in [3.8, 4) is 0 Å². The predicted octanol–water partition coefficient (Wildman–Crippen LogP) is 5.48. The van der Waals surface area contributed by atoms with Crippen molar-refractivity contribution in [2.75, 3.05) is 38.0 Å². The van der Waals surface area contributed by atoms with E-state index in [0.717, 1.165) is 46.5 Å². The van der Waals surface area contributed by atoms with Crippen LogP contribution in [0.2, 0.25) is 0 Å². The van der Waals surface area contributed by atoms with Crippen molar-refractivity contribution in [1.82, 2.24) is 24.3 Å². The highest BCUT2D eigenvalue weighted by atomic mass is 19.1. The molecule has 2 N–H and O–H groups in total. The molecule has 0 unspecified atom stereocenters. The molecule has 1 fully saturated rings. The molecule has 4 aromatic rings. The summed E-state index contributed by atoms with van der Waals surface area (Å²) >= 11 is 0. The van der Waals surface area contributed by atoms with Crippen LogP contribution in [-0.4, -0.2) is 68.8 Å². The van der Waals surface area contributed by atoms with Gasteiger partial charge in [0, 0.05) is 51.2 Å². The largest absolute Gasteiger partial charge is 0.444 e. The number of benzene rings is 2. The summed E-state index contributed by atoms with van der Waals surface area (Å²) in [7, 11) is 1.86. The molecule has 1 aliphatic rings. The number of rotatable bonds is 5. The minimum Gasteiger partial charge on any atom is -0.444 e. The van der Waals surface area contributed by atoms with Gasteiger partial charge < -0.3 is 24.5 Å². The van der Waals surface area contributed by atoms with Crippen LogP contribution in [0, 0.1) is 19.7 Å². The van der Waals surface area contributed by atoms with Crippen molar-refractivity contribution in [3.05, 3.63) is 69.4 Å². The lowest BCUT2D eigenvalue weighted by Gasteiger charge is -2.35. The Bertz CT molecular complexity index is 1710. The van der Waals surface area contributed by atoms with E-state index in [1.165, 1.54) is 12.1 Å². The smallest absolute Gasteiger partial charge is 0.410 e. The molecule has 3 heterocycles. The van der Waals surface area contributed by atoms with E-state index in [9.17, 15) is 14.0 Å². The van der Waals surface area contributed by atoms with Gasteiger partial charge in [-0.25, -0.2) is 14.2 Å². The number of carbonyl (C=O) groups is 1. The molecule has 1 aliphatic heterocycles. The number of nitrogens with one attached hydrogen (secondary N) is 2. The van der Waals surface area contributed by atoms with Gasteiger partial charge in [0.25, 0.3) is 5.56 Å². The van der Waals surface area contributed by atoms with Crippen molar-refractivity contribution in [1.29, 1.82) is 0 Å². The fraction of sp³-hybridized carbons (Fsp3) is 0.387. The van der Waals surface area contributed by atoms with Gasteiger partial charge in [-0.2, -0.15) is 0 Å². The molecule has 2 aromatic carbocycles. The average Bonchev–Trinajstić information content (AvgIpc) is 3.22. The van der Waals surface area contributed by atoms with Gasteiger partial charge in [0.2, 0.25) is 5.95 Å². The molecule has 216 valence electrons. The van der Waals surface area contributed by atoms with E-state index in [1.54, 1.807) is 11.0 Å². The number of ether oxygens (including phenoxy) is 1. The summed E-state index contributed by atoms with van der Waals surface area (Å²) in [6.07, 6.45) is 3.73. The Morgan fingerprint density at radius 1 is 1.15 bits per heavy atom. The van der Waals surface area contributed by atoms with E-state index in [0.29, 0.717) is 36.5 Å². The van der Waals surface area contributed by atoms with Gasteiger partial charge in [-0.3, -0.25) is 9.69 Å². The molecule has 5 rings (SSSR count). The molecule has 1 saturated heterocycles. The van der Waals surface area contributed by atoms with Crippen molar-refractivity contribution in [2.24, 2.45) is 7.05 Å². The zero-order valence-corrected chi connectivity index (χ0v) is 24.5. The van der Waals surface area contributed by atoms with E-state index in [2.05, 4.69) is 15.2 Å². The maximum Gasteiger partial charge on any atom is 0.410 e. The standard InChI is InChI=1S/C31H37FN6O3/c1-19-18-21(32)9-11-23(19)34-29-35-25-12-10-22-20(2)24(33-28(39)26(22)27(25)36(29)6)8-7-13-37-14-16-38(17-15-37)30(40)41-31(3,4)5/h7-12,18H,13-17H2,1-6H3,(H,33,39)(H,34,35). The van der Waals surface area contributed by atoms with Crippen LogP contribution in [0.4, 0.5) is 20.8 Å². The number of pyridine rings is 1. The molecule has 0 radical (unpaired) electrons. The molecule has 0 bridgehead atoms. The first-order valence-corrected chi connectivity index (χ1v) is 13.8. The number of nitrogens with zero attached hydrogens (tertiary/aromatic N) is 4. The van der Waals surface area contributed by atoms with Gasteiger partial charge in [0.1, 0.15) is 11.4 Å². The lowest BCUT2D eigenvalue weighted by molar-refractivity contribution is 0.0154. The van der Waals surface area contributed by atoms with Gasteiger partial charge in [0.15, 0.2) is 0 Å². The molecule has 10 heteroatoms. The Balaban J connectivity index is 1.34. The highest BCUT2D eigenvalue weighted by Crippen LogP contribution is 2.30. The topological polar surface area (TPSA) is 95.5 Å². The van der Waals surface area contributed by atoms with Gasteiger partial charge >= 0.3 is 6.09 Å².